The molecule has 1 heterocycles. The maximum atomic E-state index is 9.24. The van der Waals surface area contributed by atoms with Crippen molar-refractivity contribution in [3.8, 4) is 11.5 Å². The molecule has 0 saturated heterocycles. The summed E-state index contributed by atoms with van der Waals surface area (Å²) in [5.74, 6) is 0.797. The first-order valence-electron chi connectivity index (χ1n) is 4.85. The van der Waals surface area contributed by atoms with E-state index in [0.29, 0.717) is 18.0 Å². The zero-order valence-electron chi connectivity index (χ0n) is 8.63. The minimum atomic E-state index is 0.184. The van der Waals surface area contributed by atoms with Crippen molar-refractivity contribution in [3.63, 3.8) is 0 Å². The van der Waals surface area contributed by atoms with Crippen LogP contribution in [-0.4, -0.2) is 10.1 Å². The van der Waals surface area contributed by atoms with Gasteiger partial charge < -0.3 is 15.6 Å². The summed E-state index contributed by atoms with van der Waals surface area (Å²) in [6, 6.07) is 8.45. The predicted octanol–water partition coefficient (Wildman–Crippen LogP) is 1.95. The molecule has 0 unspecified atom stereocenters. The van der Waals surface area contributed by atoms with Crippen LogP contribution in [-0.2, 0) is 6.61 Å². The van der Waals surface area contributed by atoms with Crippen LogP contribution in [0.2, 0.25) is 0 Å². The maximum absolute atomic E-state index is 9.24. The molecule has 1 aromatic carbocycles. The summed E-state index contributed by atoms with van der Waals surface area (Å²) in [7, 11) is 0. The first kappa shape index (κ1) is 10.3. The normalized spacial score (nSPS) is 10.0. The second-order valence-electron chi connectivity index (χ2n) is 3.41. The first-order chi connectivity index (χ1) is 7.74. The van der Waals surface area contributed by atoms with E-state index >= 15 is 0 Å². The minimum absolute atomic E-state index is 0.184. The molecule has 16 heavy (non-hydrogen) atoms. The van der Waals surface area contributed by atoms with Crippen LogP contribution in [0.15, 0.2) is 42.7 Å². The molecule has 0 aliphatic heterocycles. The van der Waals surface area contributed by atoms with E-state index in [0.717, 1.165) is 5.56 Å². The molecule has 4 nitrogen and oxygen atoms in total. The van der Waals surface area contributed by atoms with Crippen LogP contribution >= 0.6 is 0 Å². The fourth-order valence-electron chi connectivity index (χ4n) is 1.33. The molecular formula is C12H12N2O2. The lowest BCUT2D eigenvalue weighted by molar-refractivity contribution is 0.304. The molecule has 1 aromatic heterocycles. The van der Waals surface area contributed by atoms with E-state index in [9.17, 15) is 5.11 Å². The van der Waals surface area contributed by atoms with Gasteiger partial charge in [0.05, 0.1) is 5.69 Å². The summed E-state index contributed by atoms with van der Waals surface area (Å²) in [4.78, 5) is 3.96. The van der Waals surface area contributed by atoms with Crippen molar-refractivity contribution in [1.29, 1.82) is 0 Å². The van der Waals surface area contributed by atoms with Gasteiger partial charge >= 0.3 is 0 Å². The maximum Gasteiger partial charge on any atom is 0.123 e. The molecule has 0 bridgehead atoms. The Labute approximate surface area is 93.3 Å². The van der Waals surface area contributed by atoms with Crippen LogP contribution in [0.25, 0.3) is 0 Å². The first-order valence-corrected chi connectivity index (χ1v) is 4.85. The van der Waals surface area contributed by atoms with Gasteiger partial charge in [-0.05, 0) is 18.2 Å². The topological polar surface area (TPSA) is 68.4 Å². The van der Waals surface area contributed by atoms with E-state index in [1.165, 1.54) is 0 Å². The van der Waals surface area contributed by atoms with Crippen LogP contribution in [0.4, 0.5) is 5.69 Å². The Hall–Kier alpha value is -2.23. The van der Waals surface area contributed by atoms with E-state index in [4.69, 9.17) is 10.5 Å². The van der Waals surface area contributed by atoms with Crippen LogP contribution < -0.4 is 10.5 Å². The highest BCUT2D eigenvalue weighted by Crippen LogP contribution is 2.18. The van der Waals surface area contributed by atoms with Crippen molar-refractivity contribution in [3.05, 3.63) is 48.3 Å². The summed E-state index contributed by atoms with van der Waals surface area (Å²) in [5, 5.41) is 9.24. The summed E-state index contributed by atoms with van der Waals surface area (Å²) in [5.41, 5.74) is 7.09. The van der Waals surface area contributed by atoms with Gasteiger partial charge in [-0.3, -0.25) is 4.98 Å². The fourth-order valence-corrected chi connectivity index (χ4v) is 1.33. The second-order valence-corrected chi connectivity index (χ2v) is 3.41. The highest BCUT2D eigenvalue weighted by Gasteiger charge is 1.98. The fraction of sp³-hybridized carbons (Fsp3) is 0.0833. The van der Waals surface area contributed by atoms with Gasteiger partial charge in [-0.25, -0.2) is 0 Å². The average molecular weight is 216 g/mol. The summed E-state index contributed by atoms with van der Waals surface area (Å²) in [6.45, 7) is 0.376. The van der Waals surface area contributed by atoms with Gasteiger partial charge in [0.1, 0.15) is 18.1 Å². The lowest BCUT2D eigenvalue weighted by Gasteiger charge is -2.06. The number of rotatable bonds is 3. The standard InChI is InChI=1S/C12H12N2O2/c13-10-4-9(6-14-7-10)8-16-12-3-1-2-11(15)5-12/h1-7,15H,8,13H2. The molecule has 0 aliphatic rings. The number of aromatic hydroxyl groups is 1. The lowest BCUT2D eigenvalue weighted by Crippen LogP contribution is -1.97. The molecule has 0 aliphatic carbocycles. The second kappa shape index (κ2) is 4.53. The molecule has 2 rings (SSSR count). The van der Waals surface area contributed by atoms with E-state index < -0.39 is 0 Å². The molecule has 0 saturated carbocycles. The lowest BCUT2D eigenvalue weighted by atomic mass is 10.3. The number of ether oxygens (including phenoxy) is 1. The molecular weight excluding hydrogens is 204 g/mol. The average Bonchev–Trinajstić information content (AvgIpc) is 2.27. The van der Waals surface area contributed by atoms with Crippen molar-refractivity contribution < 1.29 is 9.84 Å². The highest BCUT2D eigenvalue weighted by molar-refractivity contribution is 5.37. The predicted molar refractivity (Wildman–Crippen MR) is 61.1 cm³/mol. The Bertz CT molecular complexity index is 440. The van der Waals surface area contributed by atoms with E-state index in [2.05, 4.69) is 4.98 Å². The van der Waals surface area contributed by atoms with Gasteiger partial charge in [-0.1, -0.05) is 6.07 Å². The summed E-state index contributed by atoms with van der Waals surface area (Å²) in [6.07, 6.45) is 3.27. The van der Waals surface area contributed by atoms with Crippen molar-refractivity contribution in [1.82, 2.24) is 4.98 Å². The quantitative estimate of drug-likeness (QED) is 0.822. The SMILES string of the molecule is Nc1cncc(COc2cccc(O)c2)c1. The van der Waals surface area contributed by atoms with Gasteiger partial charge in [-0.15, -0.1) is 0 Å². The number of nitrogen functional groups attached to an aromatic ring is 1. The largest absolute Gasteiger partial charge is 0.508 e. The number of aromatic nitrogens is 1. The summed E-state index contributed by atoms with van der Waals surface area (Å²) < 4.78 is 5.47. The van der Waals surface area contributed by atoms with Crippen LogP contribution in [0.3, 0.4) is 0 Å². The number of phenols is 1. The number of hydrogen-bond acceptors (Lipinski definition) is 4. The number of phenolic OH excluding ortho intramolecular Hbond substituents is 1. The van der Waals surface area contributed by atoms with Gasteiger partial charge in [0, 0.05) is 24.0 Å². The molecule has 0 radical (unpaired) electrons. The van der Waals surface area contributed by atoms with Crippen molar-refractivity contribution in [2.45, 2.75) is 6.61 Å². The van der Waals surface area contributed by atoms with E-state index in [-0.39, 0.29) is 5.75 Å². The monoisotopic (exact) mass is 216 g/mol. The number of anilines is 1. The Morgan fingerprint density at radius 2 is 2.12 bits per heavy atom. The zero-order chi connectivity index (χ0) is 11.4. The van der Waals surface area contributed by atoms with Gasteiger partial charge in [0.25, 0.3) is 0 Å². The number of hydrogen-bond donors (Lipinski definition) is 2. The van der Waals surface area contributed by atoms with Gasteiger partial charge in [0.15, 0.2) is 0 Å². The Morgan fingerprint density at radius 3 is 2.88 bits per heavy atom. The third-order valence-corrected chi connectivity index (χ3v) is 2.04. The molecule has 2 aromatic rings. The van der Waals surface area contributed by atoms with Crippen molar-refractivity contribution >= 4 is 5.69 Å². The third kappa shape index (κ3) is 2.63. The van der Waals surface area contributed by atoms with Crippen LogP contribution in [0.5, 0.6) is 11.5 Å². The van der Waals surface area contributed by atoms with E-state index in [1.807, 2.05) is 0 Å². The number of nitrogens with zero attached hydrogens (tertiary/aromatic N) is 1. The number of nitrogens with two attached hydrogens (primary N) is 1. The number of pyridine rings is 1. The molecule has 0 fully saturated rings. The number of benzene rings is 1. The zero-order valence-corrected chi connectivity index (χ0v) is 8.63. The van der Waals surface area contributed by atoms with Crippen LogP contribution in [0.1, 0.15) is 5.56 Å². The third-order valence-electron chi connectivity index (χ3n) is 2.04. The molecule has 0 amide bonds. The Balaban J connectivity index is 2.02. The highest BCUT2D eigenvalue weighted by atomic mass is 16.5. The summed E-state index contributed by atoms with van der Waals surface area (Å²) >= 11 is 0. The molecule has 0 spiro atoms. The molecule has 0 atom stereocenters. The molecule has 3 N–H and O–H groups in total. The van der Waals surface area contributed by atoms with Crippen molar-refractivity contribution in [2.24, 2.45) is 0 Å². The van der Waals surface area contributed by atoms with Crippen molar-refractivity contribution in [2.75, 3.05) is 5.73 Å². The Kier molecular flexibility index (Phi) is 2.91. The Morgan fingerprint density at radius 1 is 1.25 bits per heavy atom. The van der Waals surface area contributed by atoms with E-state index in [1.54, 1.807) is 42.7 Å². The smallest absolute Gasteiger partial charge is 0.123 e. The van der Waals surface area contributed by atoms with Crippen LogP contribution in [0, 0.1) is 0 Å². The van der Waals surface area contributed by atoms with Gasteiger partial charge in [0.2, 0.25) is 0 Å². The molecule has 4 heteroatoms. The molecule has 82 valence electrons. The van der Waals surface area contributed by atoms with Gasteiger partial charge in [-0.2, -0.15) is 0 Å². The minimum Gasteiger partial charge on any atom is -0.508 e.